The fourth-order valence-electron chi connectivity index (χ4n) is 1.84. The largest absolute Gasteiger partial charge is 0.478 e. The van der Waals surface area contributed by atoms with Crippen molar-refractivity contribution in [1.82, 2.24) is 9.97 Å². The van der Waals surface area contributed by atoms with Crippen molar-refractivity contribution in [2.24, 2.45) is 5.92 Å². The van der Waals surface area contributed by atoms with Gasteiger partial charge in [0.15, 0.2) is 0 Å². The standard InChI is InChI=1S/C11H17N3O/c1-3-15-10-4-5-12-11(14-10)13-9-6-8(2)7-9/h4-5,8-9H,3,6-7H2,1-2H3,(H,12,13,14). The molecule has 15 heavy (non-hydrogen) atoms. The lowest BCUT2D eigenvalue weighted by Gasteiger charge is -2.33. The monoisotopic (exact) mass is 207 g/mol. The minimum absolute atomic E-state index is 0.539. The highest BCUT2D eigenvalue weighted by atomic mass is 16.5. The van der Waals surface area contributed by atoms with E-state index in [1.807, 2.05) is 6.92 Å². The van der Waals surface area contributed by atoms with Crippen LogP contribution in [0.3, 0.4) is 0 Å². The highest BCUT2D eigenvalue weighted by Gasteiger charge is 2.25. The van der Waals surface area contributed by atoms with Gasteiger partial charge >= 0.3 is 0 Å². The first kappa shape index (κ1) is 10.2. The minimum atomic E-state index is 0.539. The van der Waals surface area contributed by atoms with E-state index in [9.17, 15) is 0 Å². The van der Waals surface area contributed by atoms with Gasteiger partial charge in [-0.3, -0.25) is 0 Å². The molecule has 1 aliphatic rings. The van der Waals surface area contributed by atoms with Crippen LogP contribution in [0, 0.1) is 5.92 Å². The summed E-state index contributed by atoms with van der Waals surface area (Å²) in [5, 5.41) is 3.31. The number of aromatic nitrogens is 2. The molecule has 4 nitrogen and oxygen atoms in total. The summed E-state index contributed by atoms with van der Waals surface area (Å²) in [6.07, 6.45) is 4.15. The Morgan fingerprint density at radius 2 is 2.33 bits per heavy atom. The SMILES string of the molecule is CCOc1ccnc(NC2CC(C)C2)n1. The third kappa shape index (κ3) is 2.58. The Balaban J connectivity index is 1.93. The van der Waals surface area contributed by atoms with Crippen molar-refractivity contribution in [3.05, 3.63) is 12.3 Å². The first-order valence-electron chi connectivity index (χ1n) is 5.50. The predicted octanol–water partition coefficient (Wildman–Crippen LogP) is 2.09. The summed E-state index contributed by atoms with van der Waals surface area (Å²) in [4.78, 5) is 8.43. The number of nitrogens with zero attached hydrogens (tertiary/aromatic N) is 2. The molecule has 0 unspecified atom stereocenters. The molecule has 0 saturated heterocycles. The third-order valence-corrected chi connectivity index (χ3v) is 2.63. The fraction of sp³-hybridized carbons (Fsp3) is 0.636. The number of rotatable bonds is 4. The molecule has 0 aromatic carbocycles. The summed E-state index contributed by atoms with van der Waals surface area (Å²) in [6.45, 7) is 4.84. The Bertz CT molecular complexity index is 323. The zero-order chi connectivity index (χ0) is 10.7. The highest BCUT2D eigenvalue weighted by Crippen LogP contribution is 2.28. The normalized spacial score (nSPS) is 24.4. The summed E-state index contributed by atoms with van der Waals surface area (Å²) >= 11 is 0. The van der Waals surface area contributed by atoms with Crippen molar-refractivity contribution in [1.29, 1.82) is 0 Å². The third-order valence-electron chi connectivity index (χ3n) is 2.63. The Hall–Kier alpha value is -1.32. The van der Waals surface area contributed by atoms with Gasteiger partial charge in [-0.1, -0.05) is 6.92 Å². The Labute approximate surface area is 90.1 Å². The van der Waals surface area contributed by atoms with Crippen LogP contribution in [0.25, 0.3) is 0 Å². The van der Waals surface area contributed by atoms with Crippen molar-refractivity contribution in [3.63, 3.8) is 0 Å². The molecule has 0 radical (unpaired) electrons. The van der Waals surface area contributed by atoms with Crippen LogP contribution < -0.4 is 10.1 Å². The summed E-state index contributed by atoms with van der Waals surface area (Å²) in [5.41, 5.74) is 0. The first-order chi connectivity index (χ1) is 7.28. The molecule has 2 rings (SSSR count). The molecule has 0 aliphatic heterocycles. The maximum atomic E-state index is 5.31. The van der Waals surface area contributed by atoms with Gasteiger partial charge in [-0.15, -0.1) is 0 Å². The van der Waals surface area contributed by atoms with Crippen molar-refractivity contribution < 1.29 is 4.74 Å². The Morgan fingerprint density at radius 3 is 3.00 bits per heavy atom. The van der Waals surface area contributed by atoms with E-state index in [1.165, 1.54) is 12.8 Å². The summed E-state index contributed by atoms with van der Waals surface area (Å²) < 4.78 is 5.31. The molecule has 82 valence electrons. The minimum Gasteiger partial charge on any atom is -0.478 e. The topological polar surface area (TPSA) is 47.0 Å². The van der Waals surface area contributed by atoms with Crippen molar-refractivity contribution in [2.75, 3.05) is 11.9 Å². The zero-order valence-electron chi connectivity index (χ0n) is 9.23. The maximum absolute atomic E-state index is 5.31. The van der Waals surface area contributed by atoms with Crippen LogP contribution in [-0.2, 0) is 0 Å². The van der Waals surface area contributed by atoms with Crippen LogP contribution in [0.5, 0.6) is 5.88 Å². The lowest BCUT2D eigenvalue weighted by molar-refractivity contribution is 0.306. The van der Waals surface area contributed by atoms with Gasteiger partial charge in [0.2, 0.25) is 11.8 Å². The van der Waals surface area contributed by atoms with Gasteiger partial charge in [0.1, 0.15) is 0 Å². The van der Waals surface area contributed by atoms with Gasteiger partial charge in [0.25, 0.3) is 0 Å². The molecule has 1 heterocycles. The second-order valence-corrected chi connectivity index (χ2v) is 4.07. The molecule has 0 amide bonds. The van der Waals surface area contributed by atoms with Crippen molar-refractivity contribution in [2.45, 2.75) is 32.7 Å². The van der Waals surface area contributed by atoms with E-state index in [0.717, 1.165) is 5.92 Å². The first-order valence-corrected chi connectivity index (χ1v) is 5.50. The quantitative estimate of drug-likeness (QED) is 0.821. The van der Waals surface area contributed by atoms with E-state index >= 15 is 0 Å². The number of anilines is 1. The summed E-state index contributed by atoms with van der Waals surface area (Å²) in [5.74, 6) is 2.15. The van der Waals surface area contributed by atoms with Crippen LogP contribution in [0.1, 0.15) is 26.7 Å². The smallest absolute Gasteiger partial charge is 0.226 e. The molecule has 0 spiro atoms. The highest BCUT2D eigenvalue weighted by molar-refractivity contribution is 5.29. The second kappa shape index (κ2) is 4.47. The Morgan fingerprint density at radius 1 is 1.53 bits per heavy atom. The van der Waals surface area contributed by atoms with E-state index in [1.54, 1.807) is 12.3 Å². The Kier molecular flexibility index (Phi) is 3.04. The molecule has 1 N–H and O–H groups in total. The van der Waals surface area contributed by atoms with Gasteiger partial charge in [0, 0.05) is 18.3 Å². The molecular formula is C11H17N3O. The van der Waals surface area contributed by atoms with Crippen LogP contribution in [0.4, 0.5) is 5.95 Å². The average Bonchev–Trinajstić information content (AvgIpc) is 2.17. The lowest BCUT2D eigenvalue weighted by atomic mass is 9.82. The van der Waals surface area contributed by atoms with Gasteiger partial charge in [0.05, 0.1) is 6.61 Å². The van der Waals surface area contributed by atoms with Gasteiger partial charge < -0.3 is 10.1 Å². The number of nitrogens with one attached hydrogen (secondary N) is 1. The van der Waals surface area contributed by atoms with E-state index in [4.69, 9.17) is 4.74 Å². The predicted molar refractivity (Wildman–Crippen MR) is 59.0 cm³/mol. The molecule has 0 atom stereocenters. The van der Waals surface area contributed by atoms with Crippen molar-refractivity contribution in [3.8, 4) is 5.88 Å². The number of hydrogen-bond donors (Lipinski definition) is 1. The molecule has 1 aromatic rings. The summed E-state index contributed by atoms with van der Waals surface area (Å²) in [7, 11) is 0. The van der Waals surface area contributed by atoms with Gasteiger partial charge in [-0.2, -0.15) is 4.98 Å². The number of hydrogen-bond acceptors (Lipinski definition) is 4. The molecule has 1 aliphatic carbocycles. The van der Waals surface area contributed by atoms with E-state index in [-0.39, 0.29) is 0 Å². The van der Waals surface area contributed by atoms with Crippen LogP contribution in [-0.4, -0.2) is 22.6 Å². The molecular weight excluding hydrogens is 190 g/mol. The van der Waals surface area contributed by atoms with Crippen LogP contribution >= 0.6 is 0 Å². The zero-order valence-corrected chi connectivity index (χ0v) is 9.23. The fourth-order valence-corrected chi connectivity index (χ4v) is 1.84. The van der Waals surface area contributed by atoms with E-state index in [0.29, 0.717) is 24.5 Å². The molecule has 1 saturated carbocycles. The van der Waals surface area contributed by atoms with E-state index in [2.05, 4.69) is 22.2 Å². The molecule has 0 bridgehead atoms. The van der Waals surface area contributed by atoms with Crippen molar-refractivity contribution >= 4 is 5.95 Å². The summed E-state index contributed by atoms with van der Waals surface area (Å²) in [6, 6.07) is 2.31. The van der Waals surface area contributed by atoms with Crippen LogP contribution in [0.15, 0.2) is 12.3 Å². The average molecular weight is 207 g/mol. The van der Waals surface area contributed by atoms with Gasteiger partial charge in [-0.05, 0) is 25.7 Å². The molecule has 4 heteroatoms. The number of ether oxygens (including phenoxy) is 1. The van der Waals surface area contributed by atoms with E-state index < -0.39 is 0 Å². The maximum Gasteiger partial charge on any atom is 0.226 e. The lowest BCUT2D eigenvalue weighted by Crippen LogP contribution is -2.34. The second-order valence-electron chi connectivity index (χ2n) is 4.07. The molecule has 1 fully saturated rings. The van der Waals surface area contributed by atoms with Gasteiger partial charge in [-0.25, -0.2) is 4.98 Å². The molecule has 1 aromatic heterocycles. The van der Waals surface area contributed by atoms with Crippen LogP contribution in [0.2, 0.25) is 0 Å².